The highest BCUT2D eigenvalue weighted by atomic mass is 16.1. The van der Waals surface area contributed by atoms with Crippen molar-refractivity contribution in [3.63, 3.8) is 0 Å². The Morgan fingerprint density at radius 3 is 3.00 bits per heavy atom. The quantitative estimate of drug-likeness (QED) is 0.744. The second-order valence-corrected chi connectivity index (χ2v) is 4.37. The number of fused-ring (bicyclic) bond motifs is 1. The van der Waals surface area contributed by atoms with Crippen LogP contribution in [0.15, 0.2) is 24.4 Å². The molecule has 1 aliphatic rings. The second-order valence-electron chi connectivity index (χ2n) is 4.37. The number of imidazole rings is 1. The SMILES string of the molecule is NCc1ncc(-c2ccc3c(c2)CCC(=O)N3)[nH]1. The highest BCUT2D eigenvalue weighted by Gasteiger charge is 2.15. The molecule has 0 aliphatic carbocycles. The topological polar surface area (TPSA) is 83.8 Å². The molecule has 0 fully saturated rings. The average molecular weight is 242 g/mol. The van der Waals surface area contributed by atoms with Gasteiger partial charge in [0.1, 0.15) is 5.82 Å². The van der Waals surface area contributed by atoms with E-state index in [2.05, 4.69) is 21.4 Å². The predicted molar refractivity (Wildman–Crippen MR) is 68.9 cm³/mol. The number of anilines is 1. The lowest BCUT2D eigenvalue weighted by atomic mass is 9.99. The Morgan fingerprint density at radius 2 is 2.22 bits per heavy atom. The number of nitrogens with zero attached hydrogens (tertiary/aromatic N) is 1. The van der Waals surface area contributed by atoms with E-state index in [9.17, 15) is 4.79 Å². The monoisotopic (exact) mass is 242 g/mol. The van der Waals surface area contributed by atoms with Crippen LogP contribution < -0.4 is 11.1 Å². The van der Waals surface area contributed by atoms with Gasteiger partial charge in [-0.05, 0) is 29.7 Å². The third kappa shape index (κ3) is 1.89. The number of aromatic nitrogens is 2. The van der Waals surface area contributed by atoms with E-state index in [0.717, 1.165) is 34.8 Å². The van der Waals surface area contributed by atoms with E-state index < -0.39 is 0 Å². The molecule has 2 heterocycles. The zero-order chi connectivity index (χ0) is 12.5. The van der Waals surface area contributed by atoms with Gasteiger partial charge in [0.2, 0.25) is 5.91 Å². The van der Waals surface area contributed by atoms with Crippen LogP contribution in [0.4, 0.5) is 5.69 Å². The van der Waals surface area contributed by atoms with Crippen molar-refractivity contribution in [3.8, 4) is 11.3 Å². The standard InChI is InChI=1S/C13H14N4O/c14-6-12-15-7-11(16-12)9-1-3-10-8(5-9)2-4-13(18)17-10/h1,3,5,7H,2,4,6,14H2,(H,15,16)(H,17,18). The molecule has 92 valence electrons. The van der Waals surface area contributed by atoms with Crippen molar-refractivity contribution < 1.29 is 4.79 Å². The summed E-state index contributed by atoms with van der Waals surface area (Å²) >= 11 is 0. The highest BCUT2D eigenvalue weighted by molar-refractivity contribution is 5.94. The largest absolute Gasteiger partial charge is 0.341 e. The van der Waals surface area contributed by atoms with Gasteiger partial charge in [0, 0.05) is 12.1 Å². The highest BCUT2D eigenvalue weighted by Crippen LogP contribution is 2.27. The third-order valence-electron chi connectivity index (χ3n) is 3.13. The lowest BCUT2D eigenvalue weighted by molar-refractivity contribution is -0.116. The normalized spacial score (nSPS) is 14.2. The first-order chi connectivity index (χ1) is 8.76. The average Bonchev–Trinajstić information content (AvgIpc) is 2.87. The number of benzene rings is 1. The van der Waals surface area contributed by atoms with Crippen molar-refractivity contribution in [2.24, 2.45) is 5.73 Å². The Morgan fingerprint density at radius 1 is 1.33 bits per heavy atom. The first-order valence-corrected chi connectivity index (χ1v) is 5.93. The number of hydrogen-bond acceptors (Lipinski definition) is 3. The lowest BCUT2D eigenvalue weighted by Gasteiger charge is -2.17. The molecule has 0 unspecified atom stereocenters. The molecule has 0 spiro atoms. The second kappa shape index (κ2) is 4.27. The maximum atomic E-state index is 11.3. The number of nitrogens with two attached hydrogens (primary N) is 1. The summed E-state index contributed by atoms with van der Waals surface area (Å²) in [6.07, 6.45) is 3.12. The first kappa shape index (κ1) is 11.0. The van der Waals surface area contributed by atoms with E-state index in [4.69, 9.17) is 5.73 Å². The van der Waals surface area contributed by atoms with Crippen LogP contribution in [0.2, 0.25) is 0 Å². The molecule has 0 saturated carbocycles. The van der Waals surface area contributed by atoms with Gasteiger partial charge in [0.15, 0.2) is 0 Å². The van der Waals surface area contributed by atoms with Crippen LogP contribution in [-0.4, -0.2) is 15.9 Å². The van der Waals surface area contributed by atoms with Crippen molar-refractivity contribution in [2.45, 2.75) is 19.4 Å². The van der Waals surface area contributed by atoms with Crippen molar-refractivity contribution in [1.29, 1.82) is 0 Å². The Bertz CT molecular complexity index is 603. The van der Waals surface area contributed by atoms with Gasteiger partial charge in [-0.1, -0.05) is 6.07 Å². The maximum absolute atomic E-state index is 11.3. The van der Waals surface area contributed by atoms with Gasteiger partial charge in [-0.2, -0.15) is 0 Å². The first-order valence-electron chi connectivity index (χ1n) is 5.93. The summed E-state index contributed by atoms with van der Waals surface area (Å²) in [6.45, 7) is 0.404. The van der Waals surface area contributed by atoms with E-state index in [1.807, 2.05) is 12.1 Å². The zero-order valence-corrected chi connectivity index (χ0v) is 9.86. The Labute approximate surface area is 104 Å². The fourth-order valence-electron chi connectivity index (χ4n) is 2.16. The van der Waals surface area contributed by atoms with Crippen LogP contribution in [0.25, 0.3) is 11.3 Å². The summed E-state index contributed by atoms with van der Waals surface area (Å²) in [5.74, 6) is 0.859. The van der Waals surface area contributed by atoms with E-state index in [-0.39, 0.29) is 5.91 Å². The van der Waals surface area contributed by atoms with Crippen LogP contribution in [0.1, 0.15) is 17.8 Å². The van der Waals surface area contributed by atoms with Gasteiger partial charge in [-0.3, -0.25) is 4.79 Å². The number of hydrogen-bond donors (Lipinski definition) is 3. The number of rotatable bonds is 2. The van der Waals surface area contributed by atoms with Crippen LogP contribution in [0, 0.1) is 0 Å². The Hall–Kier alpha value is -2.14. The van der Waals surface area contributed by atoms with Crippen molar-refractivity contribution >= 4 is 11.6 Å². The molecule has 5 heteroatoms. The molecular formula is C13H14N4O. The van der Waals surface area contributed by atoms with Crippen LogP contribution >= 0.6 is 0 Å². The summed E-state index contributed by atoms with van der Waals surface area (Å²) in [5, 5.41) is 2.87. The van der Waals surface area contributed by atoms with Crippen LogP contribution in [-0.2, 0) is 17.8 Å². The molecule has 0 saturated heterocycles. The molecular weight excluding hydrogens is 228 g/mol. The van der Waals surface area contributed by atoms with Gasteiger partial charge >= 0.3 is 0 Å². The minimum Gasteiger partial charge on any atom is -0.341 e. The summed E-state index contributed by atoms with van der Waals surface area (Å²) in [6, 6.07) is 5.99. The molecule has 1 amide bonds. The molecule has 4 N–H and O–H groups in total. The minimum atomic E-state index is 0.0854. The number of carbonyl (C=O) groups excluding carboxylic acids is 1. The summed E-state index contributed by atoms with van der Waals surface area (Å²) < 4.78 is 0. The van der Waals surface area contributed by atoms with Gasteiger partial charge in [-0.25, -0.2) is 4.98 Å². The Kier molecular flexibility index (Phi) is 2.60. The molecule has 18 heavy (non-hydrogen) atoms. The van der Waals surface area contributed by atoms with Crippen LogP contribution in [0.5, 0.6) is 0 Å². The number of aryl methyl sites for hydroxylation is 1. The van der Waals surface area contributed by atoms with Gasteiger partial charge in [-0.15, -0.1) is 0 Å². The molecule has 0 atom stereocenters. The number of aromatic amines is 1. The van der Waals surface area contributed by atoms with Crippen molar-refractivity contribution in [1.82, 2.24) is 9.97 Å². The molecule has 1 aliphatic heterocycles. The summed E-state index contributed by atoms with van der Waals surface area (Å²) in [4.78, 5) is 18.6. The smallest absolute Gasteiger partial charge is 0.224 e. The van der Waals surface area contributed by atoms with Gasteiger partial charge in [0.05, 0.1) is 18.4 Å². The van der Waals surface area contributed by atoms with E-state index in [1.54, 1.807) is 6.20 Å². The van der Waals surface area contributed by atoms with Crippen molar-refractivity contribution in [3.05, 3.63) is 35.8 Å². The predicted octanol–water partition coefficient (Wildman–Crippen LogP) is 1.42. The zero-order valence-electron chi connectivity index (χ0n) is 9.86. The number of carbonyl (C=O) groups is 1. The van der Waals surface area contributed by atoms with E-state index in [1.165, 1.54) is 0 Å². The van der Waals surface area contributed by atoms with Crippen molar-refractivity contribution in [2.75, 3.05) is 5.32 Å². The molecule has 0 bridgehead atoms. The van der Waals surface area contributed by atoms with Gasteiger partial charge in [0.25, 0.3) is 0 Å². The molecule has 1 aromatic carbocycles. The Balaban J connectivity index is 1.97. The fraction of sp³-hybridized carbons (Fsp3) is 0.231. The minimum absolute atomic E-state index is 0.0854. The number of amides is 1. The number of nitrogens with one attached hydrogen (secondary N) is 2. The molecule has 3 rings (SSSR count). The molecule has 0 radical (unpaired) electrons. The lowest BCUT2D eigenvalue weighted by Crippen LogP contribution is -2.18. The molecule has 2 aromatic rings. The van der Waals surface area contributed by atoms with Gasteiger partial charge < -0.3 is 16.0 Å². The molecule has 5 nitrogen and oxygen atoms in total. The summed E-state index contributed by atoms with van der Waals surface area (Å²) in [5.41, 5.74) is 9.62. The number of H-pyrrole nitrogens is 1. The van der Waals surface area contributed by atoms with E-state index >= 15 is 0 Å². The van der Waals surface area contributed by atoms with Crippen LogP contribution in [0.3, 0.4) is 0 Å². The maximum Gasteiger partial charge on any atom is 0.224 e. The van der Waals surface area contributed by atoms with E-state index in [0.29, 0.717) is 13.0 Å². The summed E-state index contributed by atoms with van der Waals surface area (Å²) in [7, 11) is 0. The fourth-order valence-corrected chi connectivity index (χ4v) is 2.16. The third-order valence-corrected chi connectivity index (χ3v) is 3.13. The molecule has 1 aromatic heterocycles.